The van der Waals surface area contributed by atoms with Crippen molar-refractivity contribution in [2.24, 2.45) is 0 Å². The summed E-state index contributed by atoms with van der Waals surface area (Å²) in [6.45, 7) is 5.13. The van der Waals surface area contributed by atoms with Gasteiger partial charge in [0, 0.05) is 17.0 Å². The Bertz CT molecular complexity index is 295. The van der Waals surface area contributed by atoms with Gasteiger partial charge in [0.25, 0.3) is 6.43 Å². The molecule has 0 aliphatic carbocycles. The van der Waals surface area contributed by atoms with E-state index in [-0.39, 0.29) is 5.56 Å². The van der Waals surface area contributed by atoms with Gasteiger partial charge in [0.1, 0.15) is 0 Å². The fourth-order valence-electron chi connectivity index (χ4n) is 1.15. The van der Waals surface area contributed by atoms with Gasteiger partial charge in [0.15, 0.2) is 0 Å². The minimum absolute atomic E-state index is 0.0972. The topological polar surface area (TPSA) is 12.9 Å². The van der Waals surface area contributed by atoms with Gasteiger partial charge in [0.05, 0.1) is 0 Å². The summed E-state index contributed by atoms with van der Waals surface area (Å²) in [7, 11) is 0. The molecule has 0 saturated heterocycles. The van der Waals surface area contributed by atoms with Crippen molar-refractivity contribution in [2.75, 3.05) is 0 Å². The quantitative estimate of drug-likeness (QED) is 0.633. The van der Waals surface area contributed by atoms with Crippen molar-refractivity contribution in [3.63, 3.8) is 0 Å². The van der Waals surface area contributed by atoms with Crippen molar-refractivity contribution in [3.05, 3.63) is 28.6 Å². The minimum Gasteiger partial charge on any atom is -0.258 e. The van der Waals surface area contributed by atoms with Crippen molar-refractivity contribution in [2.45, 2.75) is 27.2 Å². The molecule has 3 heteroatoms. The Balaban J connectivity index is 3.28. The third-order valence-corrected chi connectivity index (χ3v) is 1.92. The molecule has 0 aromatic carbocycles. The van der Waals surface area contributed by atoms with E-state index < -0.39 is 6.43 Å². The Morgan fingerprint density at radius 3 is 2.33 bits per heavy atom. The molecule has 12 heavy (non-hydrogen) atoms. The lowest BCUT2D eigenvalue weighted by Crippen LogP contribution is -1.97. The fourth-order valence-corrected chi connectivity index (χ4v) is 1.15. The maximum absolute atomic E-state index is 12.4. The Hall–Kier alpha value is -0.990. The zero-order valence-electron chi connectivity index (χ0n) is 7.36. The summed E-state index contributed by atoms with van der Waals surface area (Å²) in [5.41, 5.74) is 2.02. The maximum atomic E-state index is 12.4. The Morgan fingerprint density at radius 2 is 1.83 bits per heavy atom. The molecule has 0 N–H and O–H groups in total. The van der Waals surface area contributed by atoms with Gasteiger partial charge in [-0.15, -0.1) is 0 Å². The van der Waals surface area contributed by atoms with Crippen LogP contribution >= 0.6 is 0 Å². The van der Waals surface area contributed by atoms with Crippen molar-refractivity contribution < 1.29 is 8.78 Å². The summed E-state index contributed by atoms with van der Waals surface area (Å²) in [6.07, 6.45) is -2.40. The third kappa shape index (κ3) is 1.60. The van der Waals surface area contributed by atoms with E-state index in [9.17, 15) is 8.78 Å². The first-order valence-electron chi connectivity index (χ1n) is 3.75. The van der Waals surface area contributed by atoms with Crippen LogP contribution in [0.2, 0.25) is 0 Å². The number of halogens is 2. The lowest BCUT2D eigenvalue weighted by molar-refractivity contribution is 0.150. The molecule has 1 aromatic heterocycles. The zero-order chi connectivity index (χ0) is 9.30. The number of alkyl halides is 2. The van der Waals surface area contributed by atoms with Crippen LogP contribution in [-0.4, -0.2) is 4.98 Å². The molecule has 0 unspecified atom stereocenters. The van der Waals surface area contributed by atoms with Crippen molar-refractivity contribution >= 4 is 0 Å². The fraction of sp³-hybridized carbons (Fsp3) is 0.444. The molecule has 0 amide bonds. The highest BCUT2D eigenvalue weighted by Crippen LogP contribution is 2.24. The van der Waals surface area contributed by atoms with E-state index in [1.807, 2.05) is 0 Å². The average molecular weight is 171 g/mol. The average Bonchev–Trinajstić information content (AvgIpc) is 1.96. The van der Waals surface area contributed by atoms with E-state index in [0.717, 1.165) is 0 Å². The van der Waals surface area contributed by atoms with Crippen molar-refractivity contribution in [1.29, 1.82) is 0 Å². The smallest absolute Gasteiger partial charge is 0.258 e. The first-order chi connectivity index (χ1) is 5.52. The summed E-state index contributed by atoms with van der Waals surface area (Å²) in [4.78, 5) is 4.08. The van der Waals surface area contributed by atoms with E-state index in [0.29, 0.717) is 17.0 Å². The predicted octanol–water partition coefficient (Wildman–Crippen LogP) is 2.94. The number of aryl methyl sites for hydroxylation is 2. The van der Waals surface area contributed by atoms with Gasteiger partial charge >= 0.3 is 0 Å². The SMILES string of the molecule is Cc1cc(C(F)F)c(C)c(C)n1. The summed E-state index contributed by atoms with van der Waals surface area (Å²) in [5, 5.41) is 0. The number of rotatable bonds is 1. The molecule has 66 valence electrons. The van der Waals surface area contributed by atoms with Crippen LogP contribution in [0, 0.1) is 20.8 Å². The van der Waals surface area contributed by atoms with E-state index in [4.69, 9.17) is 0 Å². The second kappa shape index (κ2) is 3.17. The van der Waals surface area contributed by atoms with E-state index in [1.165, 1.54) is 6.07 Å². The molecule has 0 spiro atoms. The molecule has 1 heterocycles. The third-order valence-electron chi connectivity index (χ3n) is 1.92. The molecular formula is C9H11F2N. The lowest BCUT2D eigenvalue weighted by atomic mass is 10.1. The van der Waals surface area contributed by atoms with Gasteiger partial charge in [-0.2, -0.15) is 0 Å². The lowest BCUT2D eigenvalue weighted by Gasteiger charge is -2.07. The first-order valence-corrected chi connectivity index (χ1v) is 3.75. The molecule has 0 fully saturated rings. The highest BCUT2D eigenvalue weighted by molar-refractivity contribution is 5.31. The Morgan fingerprint density at radius 1 is 1.25 bits per heavy atom. The predicted molar refractivity (Wildman–Crippen MR) is 43.4 cm³/mol. The van der Waals surface area contributed by atoms with E-state index in [1.54, 1.807) is 20.8 Å². The van der Waals surface area contributed by atoms with Crippen molar-refractivity contribution in [3.8, 4) is 0 Å². The zero-order valence-corrected chi connectivity index (χ0v) is 7.36. The second-order valence-corrected chi connectivity index (χ2v) is 2.86. The molecule has 0 bridgehead atoms. The maximum Gasteiger partial charge on any atom is 0.264 e. The number of pyridine rings is 1. The highest BCUT2D eigenvalue weighted by Gasteiger charge is 2.12. The van der Waals surface area contributed by atoms with Crippen LogP contribution in [0.4, 0.5) is 8.78 Å². The van der Waals surface area contributed by atoms with Crippen LogP contribution in [0.5, 0.6) is 0 Å². The van der Waals surface area contributed by atoms with Crippen LogP contribution < -0.4 is 0 Å². The molecule has 1 nitrogen and oxygen atoms in total. The summed E-state index contributed by atoms with van der Waals surface area (Å²) >= 11 is 0. The summed E-state index contributed by atoms with van der Waals surface area (Å²) < 4.78 is 24.7. The van der Waals surface area contributed by atoms with E-state index in [2.05, 4.69) is 4.98 Å². The normalized spacial score (nSPS) is 10.8. The molecule has 0 radical (unpaired) electrons. The number of aromatic nitrogens is 1. The minimum atomic E-state index is -2.40. The Kier molecular flexibility index (Phi) is 2.40. The summed E-state index contributed by atoms with van der Waals surface area (Å²) in [6, 6.07) is 1.44. The molecule has 1 aromatic rings. The van der Waals surface area contributed by atoms with Crippen molar-refractivity contribution in [1.82, 2.24) is 4.98 Å². The Labute approximate surface area is 70.4 Å². The second-order valence-electron chi connectivity index (χ2n) is 2.86. The highest BCUT2D eigenvalue weighted by atomic mass is 19.3. The van der Waals surface area contributed by atoms with Gasteiger partial charge in [-0.3, -0.25) is 4.98 Å². The van der Waals surface area contributed by atoms with Crippen LogP contribution in [0.1, 0.15) is 28.9 Å². The number of nitrogens with zero attached hydrogens (tertiary/aromatic N) is 1. The van der Waals surface area contributed by atoms with Crippen LogP contribution in [-0.2, 0) is 0 Å². The molecule has 0 atom stereocenters. The monoisotopic (exact) mass is 171 g/mol. The molecule has 0 aliphatic rings. The van der Waals surface area contributed by atoms with Gasteiger partial charge in [0.2, 0.25) is 0 Å². The van der Waals surface area contributed by atoms with Crippen LogP contribution in [0.25, 0.3) is 0 Å². The van der Waals surface area contributed by atoms with Gasteiger partial charge < -0.3 is 0 Å². The van der Waals surface area contributed by atoms with Crippen LogP contribution in [0.15, 0.2) is 6.07 Å². The summed E-state index contributed by atoms with van der Waals surface area (Å²) in [5.74, 6) is 0. The molecular weight excluding hydrogens is 160 g/mol. The largest absolute Gasteiger partial charge is 0.264 e. The number of hydrogen-bond acceptors (Lipinski definition) is 1. The number of hydrogen-bond donors (Lipinski definition) is 0. The van der Waals surface area contributed by atoms with Gasteiger partial charge in [-0.1, -0.05) is 0 Å². The van der Waals surface area contributed by atoms with Gasteiger partial charge in [-0.05, 0) is 32.4 Å². The van der Waals surface area contributed by atoms with Crippen LogP contribution in [0.3, 0.4) is 0 Å². The van der Waals surface area contributed by atoms with Gasteiger partial charge in [-0.25, -0.2) is 8.78 Å². The first kappa shape index (κ1) is 9.10. The van der Waals surface area contributed by atoms with E-state index >= 15 is 0 Å². The molecule has 0 aliphatic heterocycles. The molecule has 0 saturated carbocycles. The standard InChI is InChI=1S/C9H11F2N/c1-5-4-8(9(10)11)6(2)7(3)12-5/h4,9H,1-3H3. The molecule has 1 rings (SSSR count).